The molecule has 0 aliphatic heterocycles. The fraction of sp³-hybridized carbons (Fsp3) is 0.308. The maximum absolute atomic E-state index is 11.7. The summed E-state index contributed by atoms with van der Waals surface area (Å²) in [7, 11) is 3.19. The van der Waals surface area contributed by atoms with Crippen molar-refractivity contribution in [1.29, 1.82) is 0 Å². The number of nitro groups is 1. The monoisotopic (exact) mass is 311 g/mol. The number of carbonyl (C=O) groups is 3. The third-order valence-corrected chi connectivity index (χ3v) is 2.83. The van der Waals surface area contributed by atoms with E-state index in [1.807, 2.05) is 0 Å². The number of carbonyl (C=O) groups excluding carboxylic acids is 3. The number of hydrogen-bond acceptors (Lipinski definition) is 8. The Morgan fingerprint density at radius 2 is 1.59 bits per heavy atom. The van der Waals surface area contributed by atoms with Crippen LogP contribution in [0.1, 0.15) is 21.8 Å². The van der Waals surface area contributed by atoms with Gasteiger partial charge in [-0.2, -0.15) is 0 Å². The van der Waals surface area contributed by atoms with E-state index in [-0.39, 0.29) is 11.1 Å². The third kappa shape index (κ3) is 3.37. The van der Waals surface area contributed by atoms with Crippen LogP contribution in [-0.2, 0) is 23.8 Å². The van der Waals surface area contributed by atoms with Gasteiger partial charge in [0.25, 0.3) is 5.69 Å². The number of hydrogen-bond donors (Lipinski definition) is 0. The van der Waals surface area contributed by atoms with Crippen molar-refractivity contribution >= 4 is 23.6 Å². The van der Waals surface area contributed by atoms with Crippen molar-refractivity contribution in [3.8, 4) is 0 Å². The Morgan fingerprint density at radius 3 is 2.00 bits per heavy atom. The molecule has 118 valence electrons. The lowest BCUT2D eigenvalue weighted by atomic mass is 9.96. The summed E-state index contributed by atoms with van der Waals surface area (Å²) in [5, 5.41) is 11.2. The number of nitrogens with zero attached hydrogens (tertiary/aromatic N) is 1. The molecule has 0 bridgehead atoms. The zero-order valence-corrected chi connectivity index (χ0v) is 12.0. The summed E-state index contributed by atoms with van der Waals surface area (Å²) in [6.07, 6.45) is 0. The van der Waals surface area contributed by atoms with E-state index in [4.69, 9.17) is 0 Å². The Kier molecular flexibility index (Phi) is 5.56. The van der Waals surface area contributed by atoms with Crippen molar-refractivity contribution in [3.63, 3.8) is 0 Å². The summed E-state index contributed by atoms with van der Waals surface area (Å²) in [5.74, 6) is -4.44. The zero-order valence-electron chi connectivity index (χ0n) is 12.0. The Balaban J connectivity index is 3.49. The molecule has 0 N–H and O–H groups in total. The number of benzene rings is 1. The highest BCUT2D eigenvalue weighted by Crippen LogP contribution is 2.30. The SMILES string of the molecule is COC(=O)c1ccc(C(C(=O)OC)C(=O)OC)c([N+](=O)[O-])c1. The van der Waals surface area contributed by atoms with E-state index in [9.17, 15) is 24.5 Å². The second-order valence-corrected chi connectivity index (χ2v) is 4.00. The van der Waals surface area contributed by atoms with Crippen molar-refractivity contribution < 1.29 is 33.5 Å². The van der Waals surface area contributed by atoms with Gasteiger partial charge >= 0.3 is 17.9 Å². The van der Waals surface area contributed by atoms with Crippen LogP contribution in [0.2, 0.25) is 0 Å². The first-order chi connectivity index (χ1) is 10.4. The van der Waals surface area contributed by atoms with Gasteiger partial charge in [-0.1, -0.05) is 0 Å². The number of methoxy groups -OCH3 is 3. The fourth-order valence-corrected chi connectivity index (χ4v) is 1.78. The first-order valence-electron chi connectivity index (χ1n) is 5.89. The largest absolute Gasteiger partial charge is 0.468 e. The molecule has 9 heteroatoms. The van der Waals surface area contributed by atoms with Crippen LogP contribution in [0.3, 0.4) is 0 Å². The van der Waals surface area contributed by atoms with Crippen molar-refractivity contribution in [2.75, 3.05) is 21.3 Å². The molecule has 0 aliphatic rings. The van der Waals surface area contributed by atoms with Crippen LogP contribution in [0.4, 0.5) is 5.69 Å². The lowest BCUT2D eigenvalue weighted by Gasteiger charge is -2.13. The number of nitro benzene ring substituents is 1. The van der Waals surface area contributed by atoms with Crippen molar-refractivity contribution in [1.82, 2.24) is 0 Å². The van der Waals surface area contributed by atoms with Gasteiger partial charge in [-0.05, 0) is 12.1 Å². The minimum Gasteiger partial charge on any atom is -0.468 e. The molecule has 1 aromatic carbocycles. The summed E-state index contributed by atoms with van der Waals surface area (Å²) < 4.78 is 13.4. The Bertz CT molecular complexity index is 608. The highest BCUT2D eigenvalue weighted by molar-refractivity contribution is 6.02. The van der Waals surface area contributed by atoms with Gasteiger partial charge in [0.2, 0.25) is 0 Å². The van der Waals surface area contributed by atoms with Crippen molar-refractivity contribution in [2.24, 2.45) is 0 Å². The number of rotatable bonds is 5. The molecular formula is C13H13NO8. The molecule has 0 saturated heterocycles. The zero-order chi connectivity index (χ0) is 16.9. The molecule has 0 amide bonds. The van der Waals surface area contributed by atoms with Crippen LogP contribution < -0.4 is 0 Å². The molecule has 0 aromatic heterocycles. The molecule has 0 unspecified atom stereocenters. The van der Waals surface area contributed by atoms with Gasteiger partial charge < -0.3 is 14.2 Å². The fourth-order valence-electron chi connectivity index (χ4n) is 1.78. The molecular weight excluding hydrogens is 298 g/mol. The van der Waals surface area contributed by atoms with Gasteiger partial charge in [-0.15, -0.1) is 0 Å². The van der Waals surface area contributed by atoms with E-state index in [1.54, 1.807) is 0 Å². The molecule has 22 heavy (non-hydrogen) atoms. The molecule has 0 aliphatic carbocycles. The summed E-state index contributed by atoms with van der Waals surface area (Å²) >= 11 is 0. The molecule has 0 atom stereocenters. The van der Waals surface area contributed by atoms with E-state index in [2.05, 4.69) is 14.2 Å². The van der Waals surface area contributed by atoms with E-state index in [1.165, 1.54) is 6.07 Å². The molecule has 0 heterocycles. The Morgan fingerprint density at radius 1 is 1.05 bits per heavy atom. The molecule has 1 aromatic rings. The first kappa shape index (κ1) is 17.1. The topological polar surface area (TPSA) is 122 Å². The Labute approximate surface area is 124 Å². The molecule has 0 spiro atoms. The van der Waals surface area contributed by atoms with Crippen LogP contribution >= 0.6 is 0 Å². The smallest absolute Gasteiger partial charge is 0.338 e. The van der Waals surface area contributed by atoms with Crippen LogP contribution in [0, 0.1) is 10.1 Å². The van der Waals surface area contributed by atoms with E-state index < -0.39 is 34.4 Å². The van der Waals surface area contributed by atoms with Gasteiger partial charge in [0.15, 0.2) is 5.92 Å². The minimum absolute atomic E-state index is 0.0913. The Hall–Kier alpha value is -2.97. The van der Waals surface area contributed by atoms with Crippen LogP contribution in [-0.4, -0.2) is 44.2 Å². The van der Waals surface area contributed by atoms with Crippen LogP contribution in [0.5, 0.6) is 0 Å². The second kappa shape index (κ2) is 7.16. The summed E-state index contributed by atoms with van der Waals surface area (Å²) in [5.41, 5.74) is -0.925. The second-order valence-electron chi connectivity index (χ2n) is 4.00. The molecule has 1 rings (SSSR count). The van der Waals surface area contributed by atoms with Crippen LogP contribution in [0.25, 0.3) is 0 Å². The van der Waals surface area contributed by atoms with Crippen LogP contribution in [0.15, 0.2) is 18.2 Å². The summed E-state index contributed by atoms with van der Waals surface area (Å²) in [6, 6.07) is 3.23. The van der Waals surface area contributed by atoms with E-state index >= 15 is 0 Å². The lowest BCUT2D eigenvalue weighted by molar-refractivity contribution is -0.385. The maximum Gasteiger partial charge on any atom is 0.338 e. The number of esters is 3. The van der Waals surface area contributed by atoms with E-state index in [0.29, 0.717) is 0 Å². The summed E-state index contributed by atoms with van der Waals surface area (Å²) in [4.78, 5) is 45.2. The highest BCUT2D eigenvalue weighted by atomic mass is 16.6. The third-order valence-electron chi connectivity index (χ3n) is 2.83. The average Bonchev–Trinajstić information content (AvgIpc) is 2.53. The van der Waals surface area contributed by atoms with Gasteiger partial charge in [0.1, 0.15) is 0 Å². The van der Waals surface area contributed by atoms with Crippen molar-refractivity contribution in [2.45, 2.75) is 5.92 Å². The first-order valence-corrected chi connectivity index (χ1v) is 5.89. The van der Waals surface area contributed by atoms with Gasteiger partial charge in [0.05, 0.1) is 37.4 Å². The molecule has 0 fully saturated rings. The predicted octanol–water partition coefficient (Wildman–Crippen LogP) is 0.811. The molecule has 0 radical (unpaired) electrons. The molecule has 0 saturated carbocycles. The van der Waals surface area contributed by atoms with Gasteiger partial charge in [-0.3, -0.25) is 19.7 Å². The number of ether oxygens (including phenoxy) is 3. The standard InChI is InChI=1S/C13H13NO8/c1-20-11(15)7-4-5-8(9(6-7)14(18)19)10(12(16)21-2)13(17)22-3/h4-6,10H,1-3H3. The minimum atomic E-state index is -1.62. The quantitative estimate of drug-likeness (QED) is 0.257. The predicted molar refractivity (Wildman–Crippen MR) is 71.2 cm³/mol. The highest BCUT2D eigenvalue weighted by Gasteiger charge is 2.36. The maximum atomic E-state index is 11.7. The van der Waals surface area contributed by atoms with Crippen molar-refractivity contribution in [3.05, 3.63) is 39.4 Å². The lowest BCUT2D eigenvalue weighted by Crippen LogP contribution is -2.25. The van der Waals surface area contributed by atoms with E-state index in [0.717, 1.165) is 33.5 Å². The van der Waals surface area contributed by atoms with Gasteiger partial charge in [-0.25, -0.2) is 4.79 Å². The average molecular weight is 311 g/mol. The normalized spacial score (nSPS) is 10.0. The van der Waals surface area contributed by atoms with Gasteiger partial charge in [0, 0.05) is 6.07 Å². The molecule has 9 nitrogen and oxygen atoms in total. The summed E-state index contributed by atoms with van der Waals surface area (Å²) in [6.45, 7) is 0.